The van der Waals surface area contributed by atoms with Crippen molar-refractivity contribution in [3.05, 3.63) is 59.7 Å². The second kappa shape index (κ2) is 12.6. The zero-order valence-electron chi connectivity index (χ0n) is 21.2. The Kier molecular flexibility index (Phi) is 9.88. The van der Waals surface area contributed by atoms with Crippen LogP contribution in [-0.4, -0.2) is 59.8 Å². The first-order valence-corrected chi connectivity index (χ1v) is 11.5. The van der Waals surface area contributed by atoms with Gasteiger partial charge in [0.15, 0.2) is 0 Å². The summed E-state index contributed by atoms with van der Waals surface area (Å²) in [5.41, 5.74) is 0.539. The first-order chi connectivity index (χ1) is 17.0. The smallest absolute Gasteiger partial charge is 0.408 e. The number of aliphatic hydroxyl groups is 1. The molecule has 192 valence electrons. The Morgan fingerprint density at radius 2 is 1.75 bits per heavy atom. The van der Waals surface area contributed by atoms with Crippen LogP contribution in [0.25, 0.3) is 0 Å². The summed E-state index contributed by atoms with van der Waals surface area (Å²) < 4.78 is 10.4. The topological polar surface area (TPSA) is 117 Å². The molecule has 0 radical (unpaired) electrons. The summed E-state index contributed by atoms with van der Waals surface area (Å²) in [4.78, 5) is 40.6. The highest BCUT2D eigenvalue weighted by Crippen LogP contribution is 2.27. The molecule has 0 spiro atoms. The summed E-state index contributed by atoms with van der Waals surface area (Å²) in [6.45, 7) is 6.11. The molecule has 3 N–H and O–H groups in total. The van der Waals surface area contributed by atoms with Gasteiger partial charge in [0.05, 0.1) is 13.7 Å². The number of nitrogens with one attached hydrogen (secondary N) is 2. The van der Waals surface area contributed by atoms with Gasteiger partial charge < -0.3 is 30.1 Å². The molecule has 9 heteroatoms. The number of amides is 3. The van der Waals surface area contributed by atoms with Crippen molar-refractivity contribution in [2.75, 3.05) is 25.6 Å². The van der Waals surface area contributed by atoms with E-state index in [2.05, 4.69) is 16.6 Å². The molecule has 0 heterocycles. The molecule has 0 aliphatic heterocycles. The van der Waals surface area contributed by atoms with Gasteiger partial charge in [-0.1, -0.05) is 24.1 Å². The number of hydrogen-bond donors (Lipinski definition) is 3. The molecule has 2 aromatic rings. The fraction of sp³-hybridized carbons (Fsp3) is 0.370. The molecule has 2 rings (SSSR count). The first kappa shape index (κ1) is 28.2. The van der Waals surface area contributed by atoms with Gasteiger partial charge in [0, 0.05) is 17.8 Å². The van der Waals surface area contributed by atoms with Crippen LogP contribution in [0, 0.1) is 12.3 Å². The Balaban J connectivity index is 2.44. The lowest BCUT2D eigenvalue weighted by molar-refractivity contribution is -0.141. The Bertz CT molecular complexity index is 1100. The second-order valence-electron chi connectivity index (χ2n) is 8.86. The van der Waals surface area contributed by atoms with Crippen LogP contribution in [0.1, 0.15) is 44.9 Å². The maximum atomic E-state index is 13.6. The van der Waals surface area contributed by atoms with Crippen molar-refractivity contribution in [1.82, 2.24) is 10.2 Å². The predicted molar refractivity (Wildman–Crippen MR) is 136 cm³/mol. The first-order valence-electron chi connectivity index (χ1n) is 11.5. The third kappa shape index (κ3) is 7.48. The monoisotopic (exact) mass is 495 g/mol. The number of benzene rings is 2. The Morgan fingerprint density at radius 3 is 2.28 bits per heavy atom. The van der Waals surface area contributed by atoms with E-state index in [-0.39, 0.29) is 6.54 Å². The van der Waals surface area contributed by atoms with Crippen molar-refractivity contribution in [3.8, 4) is 18.1 Å². The fourth-order valence-electron chi connectivity index (χ4n) is 3.50. The van der Waals surface area contributed by atoms with E-state index in [1.54, 1.807) is 76.2 Å². The molecule has 0 saturated heterocycles. The number of alkyl carbamates (subject to hydrolysis) is 1. The average Bonchev–Trinajstić information content (AvgIpc) is 2.84. The summed E-state index contributed by atoms with van der Waals surface area (Å²) in [6.07, 6.45) is 4.82. The predicted octanol–water partition coefficient (Wildman–Crippen LogP) is 3.09. The van der Waals surface area contributed by atoms with Crippen molar-refractivity contribution in [3.63, 3.8) is 0 Å². The summed E-state index contributed by atoms with van der Waals surface area (Å²) in [7, 11) is 1.54. The summed E-state index contributed by atoms with van der Waals surface area (Å²) in [5.74, 6) is 1.98. The van der Waals surface area contributed by atoms with E-state index in [0.29, 0.717) is 22.6 Å². The van der Waals surface area contributed by atoms with Crippen LogP contribution in [0.15, 0.2) is 48.5 Å². The number of terminal acetylenes is 1. The quantitative estimate of drug-likeness (QED) is 0.460. The third-order valence-corrected chi connectivity index (χ3v) is 5.12. The van der Waals surface area contributed by atoms with Crippen molar-refractivity contribution in [2.45, 2.75) is 45.4 Å². The lowest BCUT2D eigenvalue weighted by atomic mass is 9.97. The molecule has 0 aliphatic carbocycles. The highest BCUT2D eigenvalue weighted by Gasteiger charge is 2.36. The number of aliphatic hydroxyl groups excluding tert-OH is 1. The second-order valence-corrected chi connectivity index (χ2v) is 8.86. The highest BCUT2D eigenvalue weighted by molar-refractivity contribution is 5.99. The largest absolute Gasteiger partial charge is 0.497 e. The normalized spacial score (nSPS) is 12.5. The van der Waals surface area contributed by atoms with Gasteiger partial charge >= 0.3 is 6.09 Å². The number of ether oxygens (including phenoxy) is 2. The number of rotatable bonds is 9. The number of methoxy groups -OCH3 is 1. The van der Waals surface area contributed by atoms with Crippen molar-refractivity contribution >= 4 is 23.6 Å². The summed E-state index contributed by atoms with van der Waals surface area (Å²) in [6, 6.07) is 11.0. The zero-order chi connectivity index (χ0) is 26.9. The van der Waals surface area contributed by atoms with Crippen LogP contribution < -0.4 is 15.4 Å². The number of carbonyl (C=O) groups is 3. The Hall–Kier alpha value is -4.03. The summed E-state index contributed by atoms with van der Waals surface area (Å²) in [5, 5.41) is 15.1. The minimum absolute atomic E-state index is 0.0882. The van der Waals surface area contributed by atoms with Crippen molar-refractivity contribution in [2.24, 2.45) is 0 Å². The molecule has 2 unspecified atom stereocenters. The molecule has 36 heavy (non-hydrogen) atoms. The Morgan fingerprint density at radius 1 is 1.11 bits per heavy atom. The minimum Gasteiger partial charge on any atom is -0.497 e. The minimum atomic E-state index is -1.34. The van der Waals surface area contributed by atoms with E-state index in [1.807, 2.05) is 0 Å². The SMILES string of the molecule is C#Cc1ccccc1C(C(=O)Nc1ccc(OC)cc1)N(CC)C(=O)C(CO)NC(=O)OC(C)(C)C. The Labute approximate surface area is 211 Å². The average molecular weight is 496 g/mol. The van der Waals surface area contributed by atoms with E-state index in [9.17, 15) is 19.5 Å². The molecule has 0 fully saturated rings. The molecule has 0 aliphatic rings. The van der Waals surface area contributed by atoms with Gasteiger partial charge in [-0.3, -0.25) is 9.59 Å². The van der Waals surface area contributed by atoms with Gasteiger partial charge in [0.2, 0.25) is 5.91 Å². The van der Waals surface area contributed by atoms with Crippen molar-refractivity contribution in [1.29, 1.82) is 0 Å². The lowest BCUT2D eigenvalue weighted by Crippen LogP contribution is -2.53. The van der Waals surface area contributed by atoms with Gasteiger partial charge in [-0.05, 0) is 63.6 Å². The summed E-state index contributed by atoms with van der Waals surface area (Å²) >= 11 is 0. The highest BCUT2D eigenvalue weighted by atomic mass is 16.6. The molecule has 2 atom stereocenters. The van der Waals surface area contributed by atoms with Gasteiger partial charge in [-0.25, -0.2) is 4.79 Å². The zero-order valence-corrected chi connectivity index (χ0v) is 21.2. The number of carbonyl (C=O) groups excluding carboxylic acids is 3. The third-order valence-electron chi connectivity index (χ3n) is 5.12. The molecular weight excluding hydrogens is 462 g/mol. The van der Waals surface area contributed by atoms with Crippen LogP contribution in [0.2, 0.25) is 0 Å². The van der Waals surface area contributed by atoms with E-state index in [1.165, 1.54) is 12.0 Å². The van der Waals surface area contributed by atoms with Crippen LogP contribution in [0.3, 0.4) is 0 Å². The molecule has 0 saturated carbocycles. The van der Waals surface area contributed by atoms with E-state index < -0.39 is 42.2 Å². The van der Waals surface area contributed by atoms with Crippen LogP contribution >= 0.6 is 0 Å². The molecule has 3 amide bonds. The molecule has 9 nitrogen and oxygen atoms in total. The molecule has 2 aromatic carbocycles. The van der Waals surface area contributed by atoms with Gasteiger partial charge in [0.1, 0.15) is 23.4 Å². The molecular formula is C27H33N3O6. The van der Waals surface area contributed by atoms with Crippen LogP contribution in [0.4, 0.5) is 10.5 Å². The lowest BCUT2D eigenvalue weighted by Gasteiger charge is -2.33. The standard InChI is InChI=1S/C27H33N3O6/c1-7-18-11-9-10-12-21(18)23(24(32)28-19-13-15-20(35-6)16-14-19)30(8-2)25(33)22(17-31)29-26(34)36-27(3,4)5/h1,9-16,22-23,31H,8,17H2,2-6H3,(H,28,32)(H,29,34). The van der Waals surface area contributed by atoms with E-state index >= 15 is 0 Å². The maximum Gasteiger partial charge on any atom is 0.408 e. The van der Waals surface area contributed by atoms with E-state index in [0.717, 1.165) is 0 Å². The van der Waals surface area contributed by atoms with Gasteiger partial charge in [0.25, 0.3) is 5.91 Å². The van der Waals surface area contributed by atoms with Gasteiger partial charge in [-0.2, -0.15) is 0 Å². The van der Waals surface area contributed by atoms with E-state index in [4.69, 9.17) is 15.9 Å². The van der Waals surface area contributed by atoms with Gasteiger partial charge in [-0.15, -0.1) is 6.42 Å². The van der Waals surface area contributed by atoms with Crippen LogP contribution in [0.5, 0.6) is 5.75 Å². The maximum absolute atomic E-state index is 13.6. The fourth-order valence-corrected chi connectivity index (χ4v) is 3.50. The number of likely N-dealkylation sites (N-methyl/N-ethyl adjacent to an activating group) is 1. The van der Waals surface area contributed by atoms with Crippen molar-refractivity contribution < 1.29 is 29.0 Å². The number of hydrogen-bond acceptors (Lipinski definition) is 6. The molecule has 0 aromatic heterocycles. The number of nitrogens with zero attached hydrogens (tertiary/aromatic N) is 1. The molecule has 0 bridgehead atoms. The number of anilines is 1. The van der Waals surface area contributed by atoms with Crippen LogP contribution in [-0.2, 0) is 14.3 Å².